The summed E-state index contributed by atoms with van der Waals surface area (Å²) in [6, 6.07) is 4.07. The minimum Gasteiger partial charge on any atom is -0.346 e. The molecule has 1 aliphatic rings. The number of rotatable bonds is 4. The van der Waals surface area contributed by atoms with E-state index in [-0.39, 0.29) is 22.1 Å². The van der Waals surface area contributed by atoms with Crippen LogP contribution in [0.25, 0.3) is 0 Å². The standard InChI is InChI=1S/C15H15ClN4O3S/c1-18-4-6-19(7-5-18)15-17-9-13(24-15)14(21)10-2-3-11(16)12(8-10)20(22)23/h2-3,8-9H,4-7H2,1H3. The average Bonchev–Trinajstić information content (AvgIpc) is 3.05. The lowest BCUT2D eigenvalue weighted by Gasteiger charge is -2.32. The number of ketones is 1. The first kappa shape index (κ1) is 16.8. The number of nitro benzene ring substituents is 1. The highest BCUT2D eigenvalue weighted by Crippen LogP contribution is 2.29. The normalized spacial score (nSPS) is 15.5. The minimum absolute atomic E-state index is 0.0129. The van der Waals surface area contributed by atoms with Crippen molar-refractivity contribution in [2.45, 2.75) is 0 Å². The van der Waals surface area contributed by atoms with Gasteiger partial charge in [-0.1, -0.05) is 22.9 Å². The second-order valence-corrected chi connectivity index (χ2v) is 6.97. The van der Waals surface area contributed by atoms with Gasteiger partial charge in [0.15, 0.2) is 5.13 Å². The summed E-state index contributed by atoms with van der Waals surface area (Å²) in [5.74, 6) is -0.285. The van der Waals surface area contributed by atoms with Crippen LogP contribution in [0.1, 0.15) is 15.2 Å². The summed E-state index contributed by atoms with van der Waals surface area (Å²) in [7, 11) is 2.07. The van der Waals surface area contributed by atoms with E-state index in [1.165, 1.54) is 35.7 Å². The summed E-state index contributed by atoms with van der Waals surface area (Å²) >= 11 is 7.09. The second kappa shape index (κ2) is 6.84. The molecule has 0 bridgehead atoms. The molecule has 0 spiro atoms. The smallest absolute Gasteiger partial charge is 0.288 e. The first-order valence-electron chi connectivity index (χ1n) is 7.33. The molecular formula is C15H15ClN4O3S. The van der Waals surface area contributed by atoms with Gasteiger partial charge in [0, 0.05) is 37.8 Å². The molecule has 0 radical (unpaired) electrons. The van der Waals surface area contributed by atoms with E-state index in [1.807, 2.05) is 0 Å². The van der Waals surface area contributed by atoms with Crippen LogP contribution in [0, 0.1) is 10.1 Å². The van der Waals surface area contributed by atoms with Crippen molar-refractivity contribution in [1.82, 2.24) is 9.88 Å². The lowest BCUT2D eigenvalue weighted by Crippen LogP contribution is -2.44. The Morgan fingerprint density at radius 1 is 1.33 bits per heavy atom. The number of halogens is 1. The van der Waals surface area contributed by atoms with E-state index in [0.717, 1.165) is 31.3 Å². The first-order valence-corrected chi connectivity index (χ1v) is 8.53. The maximum Gasteiger partial charge on any atom is 0.288 e. The lowest BCUT2D eigenvalue weighted by molar-refractivity contribution is -0.384. The number of hydrogen-bond acceptors (Lipinski definition) is 7. The van der Waals surface area contributed by atoms with Crippen molar-refractivity contribution >= 4 is 39.5 Å². The molecule has 1 aliphatic heterocycles. The van der Waals surface area contributed by atoms with E-state index in [9.17, 15) is 14.9 Å². The molecule has 24 heavy (non-hydrogen) atoms. The van der Waals surface area contributed by atoms with Crippen molar-refractivity contribution in [3.63, 3.8) is 0 Å². The molecule has 1 saturated heterocycles. The highest BCUT2D eigenvalue weighted by molar-refractivity contribution is 7.17. The summed E-state index contributed by atoms with van der Waals surface area (Å²) in [6.45, 7) is 3.63. The van der Waals surface area contributed by atoms with E-state index in [1.54, 1.807) is 0 Å². The zero-order valence-corrected chi connectivity index (χ0v) is 14.5. The van der Waals surface area contributed by atoms with Gasteiger partial charge in [0.1, 0.15) is 5.02 Å². The Labute approximate surface area is 147 Å². The van der Waals surface area contributed by atoms with Crippen LogP contribution in [0.2, 0.25) is 5.02 Å². The van der Waals surface area contributed by atoms with E-state index >= 15 is 0 Å². The van der Waals surface area contributed by atoms with Crippen molar-refractivity contribution < 1.29 is 9.72 Å². The van der Waals surface area contributed by atoms with Crippen LogP contribution in [0.3, 0.4) is 0 Å². The minimum atomic E-state index is -0.596. The molecule has 0 unspecified atom stereocenters. The monoisotopic (exact) mass is 366 g/mol. The zero-order valence-electron chi connectivity index (χ0n) is 12.9. The van der Waals surface area contributed by atoms with Gasteiger partial charge < -0.3 is 9.80 Å². The predicted octanol–water partition coefficient (Wildman–Crippen LogP) is 2.69. The van der Waals surface area contributed by atoms with Crippen LogP contribution < -0.4 is 4.90 Å². The summed E-state index contributed by atoms with van der Waals surface area (Å²) in [5, 5.41) is 11.8. The Bertz CT molecular complexity index is 787. The van der Waals surface area contributed by atoms with Crippen LogP contribution in [0.4, 0.5) is 10.8 Å². The summed E-state index contributed by atoms with van der Waals surface area (Å²) < 4.78 is 0. The molecule has 0 N–H and O–H groups in total. The molecule has 0 atom stereocenters. The van der Waals surface area contributed by atoms with E-state index in [4.69, 9.17) is 11.6 Å². The number of nitro groups is 1. The maximum absolute atomic E-state index is 12.6. The van der Waals surface area contributed by atoms with Gasteiger partial charge in [-0.15, -0.1) is 0 Å². The molecule has 0 aliphatic carbocycles. The van der Waals surface area contributed by atoms with Crippen LogP contribution in [0.15, 0.2) is 24.4 Å². The highest BCUT2D eigenvalue weighted by Gasteiger charge is 2.21. The number of likely N-dealkylation sites (N-methyl/N-ethyl adjacent to an activating group) is 1. The number of thiazole rings is 1. The fourth-order valence-corrected chi connectivity index (χ4v) is 3.57. The van der Waals surface area contributed by atoms with Gasteiger partial charge in [0.05, 0.1) is 16.0 Å². The lowest BCUT2D eigenvalue weighted by atomic mass is 10.1. The number of carbonyl (C=O) groups is 1. The third-order valence-electron chi connectivity index (χ3n) is 3.90. The Hall–Kier alpha value is -2.03. The fraction of sp³-hybridized carbons (Fsp3) is 0.333. The molecule has 2 aromatic rings. The predicted molar refractivity (Wildman–Crippen MR) is 93.4 cm³/mol. The van der Waals surface area contributed by atoms with E-state index < -0.39 is 4.92 Å². The molecule has 9 heteroatoms. The molecule has 2 heterocycles. The number of nitrogens with zero attached hydrogens (tertiary/aromatic N) is 4. The van der Waals surface area contributed by atoms with Gasteiger partial charge in [0.2, 0.25) is 5.78 Å². The number of piperazine rings is 1. The highest BCUT2D eigenvalue weighted by atomic mass is 35.5. The molecule has 0 amide bonds. The van der Waals surface area contributed by atoms with Gasteiger partial charge in [-0.25, -0.2) is 4.98 Å². The Morgan fingerprint density at radius 3 is 2.71 bits per heavy atom. The molecule has 3 rings (SSSR count). The molecule has 1 aromatic heterocycles. The Balaban J connectivity index is 1.81. The zero-order chi connectivity index (χ0) is 17.3. The van der Waals surface area contributed by atoms with Crippen molar-refractivity contribution in [2.75, 3.05) is 38.1 Å². The Morgan fingerprint density at radius 2 is 2.04 bits per heavy atom. The average molecular weight is 367 g/mol. The third kappa shape index (κ3) is 3.40. The number of hydrogen-bond donors (Lipinski definition) is 0. The van der Waals surface area contributed by atoms with Gasteiger partial charge in [-0.3, -0.25) is 14.9 Å². The van der Waals surface area contributed by atoms with Crippen LogP contribution >= 0.6 is 22.9 Å². The summed E-state index contributed by atoms with van der Waals surface area (Å²) in [5.41, 5.74) is -0.0361. The molecular weight excluding hydrogens is 352 g/mol. The largest absolute Gasteiger partial charge is 0.346 e. The summed E-state index contributed by atoms with van der Waals surface area (Å²) in [4.78, 5) is 32.1. The number of benzene rings is 1. The molecule has 1 fully saturated rings. The number of anilines is 1. The maximum atomic E-state index is 12.6. The topological polar surface area (TPSA) is 79.6 Å². The second-order valence-electron chi connectivity index (χ2n) is 5.55. The van der Waals surface area contributed by atoms with Crippen LogP contribution in [0.5, 0.6) is 0 Å². The molecule has 126 valence electrons. The molecule has 0 saturated carbocycles. The van der Waals surface area contributed by atoms with Crippen LogP contribution in [-0.2, 0) is 0 Å². The van der Waals surface area contributed by atoms with Gasteiger partial charge >= 0.3 is 0 Å². The Kier molecular flexibility index (Phi) is 4.79. The van der Waals surface area contributed by atoms with Crippen molar-refractivity contribution in [3.8, 4) is 0 Å². The first-order chi connectivity index (χ1) is 11.5. The van der Waals surface area contributed by atoms with Gasteiger partial charge in [0.25, 0.3) is 5.69 Å². The van der Waals surface area contributed by atoms with Gasteiger partial charge in [-0.2, -0.15) is 0 Å². The van der Waals surface area contributed by atoms with Crippen molar-refractivity contribution in [3.05, 3.63) is 50.0 Å². The third-order valence-corrected chi connectivity index (χ3v) is 5.27. The number of aromatic nitrogens is 1. The quantitative estimate of drug-likeness (QED) is 0.470. The van der Waals surface area contributed by atoms with Crippen LogP contribution in [-0.4, -0.2) is 53.8 Å². The van der Waals surface area contributed by atoms with Gasteiger partial charge in [-0.05, 0) is 19.2 Å². The molecule has 7 nitrogen and oxygen atoms in total. The van der Waals surface area contributed by atoms with Crippen molar-refractivity contribution in [2.24, 2.45) is 0 Å². The van der Waals surface area contributed by atoms with E-state index in [0.29, 0.717) is 4.88 Å². The molecule has 1 aromatic carbocycles. The van der Waals surface area contributed by atoms with Crippen molar-refractivity contribution in [1.29, 1.82) is 0 Å². The number of carbonyl (C=O) groups excluding carboxylic acids is 1. The SMILES string of the molecule is CN1CCN(c2ncc(C(=O)c3ccc(Cl)c([N+](=O)[O-])c3)s2)CC1. The summed E-state index contributed by atoms with van der Waals surface area (Å²) in [6.07, 6.45) is 1.53. The van der Waals surface area contributed by atoms with E-state index in [2.05, 4.69) is 21.8 Å². The fourth-order valence-electron chi connectivity index (χ4n) is 2.45.